The Balaban J connectivity index is 1.47. The largest absolute Gasteiger partial charge is 0.508 e. The van der Waals surface area contributed by atoms with E-state index in [9.17, 15) is 24.9 Å². The van der Waals surface area contributed by atoms with Gasteiger partial charge in [0.25, 0.3) is 0 Å². The van der Waals surface area contributed by atoms with Crippen molar-refractivity contribution in [3.63, 3.8) is 0 Å². The summed E-state index contributed by atoms with van der Waals surface area (Å²) in [5.74, 6) is -0.480. The van der Waals surface area contributed by atoms with Gasteiger partial charge in [0, 0.05) is 30.3 Å². The van der Waals surface area contributed by atoms with Gasteiger partial charge in [0.1, 0.15) is 12.3 Å². The van der Waals surface area contributed by atoms with E-state index in [1.165, 1.54) is 0 Å². The molecular formula is C33H41N3O8. The summed E-state index contributed by atoms with van der Waals surface area (Å²) < 4.78 is 17.8. The molecule has 4 rings (SSSR count). The highest BCUT2D eigenvalue weighted by molar-refractivity contribution is 5.91. The van der Waals surface area contributed by atoms with Crippen molar-refractivity contribution in [1.82, 2.24) is 10.2 Å². The first-order valence-corrected chi connectivity index (χ1v) is 14.6. The Morgan fingerprint density at radius 3 is 2.39 bits per heavy atom. The highest BCUT2D eigenvalue weighted by Gasteiger charge is 2.39. The van der Waals surface area contributed by atoms with Crippen LogP contribution >= 0.6 is 0 Å². The molecule has 0 aliphatic carbocycles. The van der Waals surface area contributed by atoms with Crippen molar-refractivity contribution in [2.45, 2.75) is 45.1 Å². The fraction of sp³-hybridized carbons (Fsp3) is 0.394. The fourth-order valence-electron chi connectivity index (χ4n) is 5.11. The number of ether oxygens (including phenoxy) is 3. The standard InChI is InChI=1S/C33H41N3O8/c1-4-42-30(40)17-34-33(41)35-26-14-12-24(13-15-26)32-43-29(19-36(3)18-28(39)25-6-5-7-27(38)16-25)21(2)31(44-32)23-10-8-22(20-37)9-11-23/h5-16,21,28-29,31-32,37-39H,4,17-20H2,1-3H3,(H2,34,35,41)/t21-,28-,29+,31+,32+/m1/s1. The van der Waals surface area contributed by atoms with Gasteiger partial charge in [-0.2, -0.15) is 0 Å². The third-order valence-electron chi connectivity index (χ3n) is 7.49. The Bertz CT molecular complexity index is 1370. The van der Waals surface area contributed by atoms with Gasteiger partial charge in [-0.05, 0) is 54.9 Å². The molecule has 44 heavy (non-hydrogen) atoms. The van der Waals surface area contributed by atoms with E-state index < -0.39 is 24.4 Å². The third kappa shape index (κ3) is 9.01. The van der Waals surface area contributed by atoms with E-state index in [1.54, 1.807) is 55.5 Å². The van der Waals surface area contributed by atoms with Crippen LogP contribution in [0.25, 0.3) is 0 Å². The van der Waals surface area contributed by atoms with E-state index in [-0.39, 0.29) is 43.6 Å². The number of hydrogen-bond donors (Lipinski definition) is 5. The van der Waals surface area contributed by atoms with Crippen LogP contribution in [0, 0.1) is 5.92 Å². The minimum atomic E-state index is -0.797. The number of hydrogen-bond acceptors (Lipinski definition) is 9. The smallest absolute Gasteiger partial charge is 0.325 e. The minimum absolute atomic E-state index is 0.0523. The van der Waals surface area contributed by atoms with Gasteiger partial charge in [-0.3, -0.25) is 4.79 Å². The number of carbonyl (C=O) groups is 2. The van der Waals surface area contributed by atoms with Gasteiger partial charge in [0.2, 0.25) is 0 Å². The first-order chi connectivity index (χ1) is 21.2. The molecule has 0 bridgehead atoms. The molecule has 1 saturated heterocycles. The zero-order valence-corrected chi connectivity index (χ0v) is 25.2. The lowest BCUT2D eigenvalue weighted by molar-refractivity contribution is -0.276. The number of benzene rings is 3. The normalized spacial score (nSPS) is 20.6. The van der Waals surface area contributed by atoms with E-state index >= 15 is 0 Å². The van der Waals surface area contributed by atoms with Crippen LogP contribution in [0.4, 0.5) is 10.5 Å². The zero-order valence-electron chi connectivity index (χ0n) is 25.2. The average Bonchev–Trinajstić information content (AvgIpc) is 3.01. The number of phenols is 1. The number of nitrogens with zero attached hydrogens (tertiary/aromatic N) is 1. The Hall–Kier alpha value is -4.00. The first-order valence-electron chi connectivity index (χ1n) is 14.6. The van der Waals surface area contributed by atoms with Crippen LogP contribution in [0.5, 0.6) is 5.75 Å². The zero-order chi connectivity index (χ0) is 31.6. The van der Waals surface area contributed by atoms with Crippen LogP contribution in [0.15, 0.2) is 72.8 Å². The van der Waals surface area contributed by atoms with Gasteiger partial charge in [0.15, 0.2) is 6.29 Å². The monoisotopic (exact) mass is 607 g/mol. The quantitative estimate of drug-likeness (QED) is 0.192. The summed E-state index contributed by atoms with van der Waals surface area (Å²) in [6.07, 6.45) is -2.10. The van der Waals surface area contributed by atoms with Crippen LogP contribution in [-0.2, 0) is 25.6 Å². The number of anilines is 1. The van der Waals surface area contributed by atoms with Crippen LogP contribution in [0.3, 0.4) is 0 Å². The molecule has 0 saturated carbocycles. The fourth-order valence-corrected chi connectivity index (χ4v) is 5.11. The number of urea groups is 1. The summed E-state index contributed by atoms with van der Waals surface area (Å²) in [5.41, 5.74) is 3.65. The molecule has 0 aromatic heterocycles. The summed E-state index contributed by atoms with van der Waals surface area (Å²) in [6, 6.07) is 20.8. The minimum Gasteiger partial charge on any atom is -0.508 e. The molecule has 5 N–H and O–H groups in total. The van der Waals surface area contributed by atoms with Crippen LogP contribution in [0.2, 0.25) is 0 Å². The van der Waals surface area contributed by atoms with Crippen molar-refractivity contribution in [3.05, 3.63) is 95.1 Å². The maximum Gasteiger partial charge on any atom is 0.325 e. The second-order valence-electron chi connectivity index (χ2n) is 10.9. The van der Waals surface area contributed by atoms with E-state index in [0.29, 0.717) is 24.3 Å². The number of rotatable bonds is 12. The predicted molar refractivity (Wildman–Crippen MR) is 164 cm³/mol. The number of aliphatic hydroxyl groups excluding tert-OH is 2. The molecule has 11 heteroatoms. The number of likely N-dealkylation sites (N-methyl/N-ethyl adjacent to an activating group) is 1. The van der Waals surface area contributed by atoms with Gasteiger partial charge in [-0.15, -0.1) is 0 Å². The highest BCUT2D eigenvalue weighted by Crippen LogP contribution is 2.42. The number of aromatic hydroxyl groups is 1. The summed E-state index contributed by atoms with van der Waals surface area (Å²) in [7, 11) is 1.91. The summed E-state index contributed by atoms with van der Waals surface area (Å²) in [6.45, 7) is 4.54. The molecule has 1 aliphatic heterocycles. The predicted octanol–water partition coefficient (Wildman–Crippen LogP) is 4.03. The van der Waals surface area contributed by atoms with Gasteiger partial charge in [-0.1, -0.05) is 55.5 Å². The number of aliphatic hydroxyl groups is 2. The lowest BCUT2D eigenvalue weighted by Gasteiger charge is -2.42. The summed E-state index contributed by atoms with van der Waals surface area (Å²) in [5, 5.41) is 35.3. The van der Waals surface area contributed by atoms with Crippen molar-refractivity contribution < 1.29 is 39.1 Å². The van der Waals surface area contributed by atoms with E-state index in [1.807, 2.05) is 36.2 Å². The van der Waals surface area contributed by atoms with Gasteiger partial charge in [-0.25, -0.2) is 4.79 Å². The molecule has 1 fully saturated rings. The molecule has 1 aliphatic rings. The van der Waals surface area contributed by atoms with Gasteiger partial charge in [0.05, 0.1) is 31.5 Å². The third-order valence-corrected chi connectivity index (χ3v) is 7.49. The SMILES string of the molecule is CCOC(=O)CNC(=O)Nc1ccc([C@H]2O[C@@H](CN(C)C[C@@H](O)c3cccc(O)c3)[C@@H](C)[C@@H](c3ccc(CO)cc3)O2)cc1. The summed E-state index contributed by atoms with van der Waals surface area (Å²) in [4.78, 5) is 25.7. The molecule has 236 valence electrons. The lowest BCUT2D eigenvalue weighted by Crippen LogP contribution is -2.44. The van der Waals surface area contributed by atoms with Gasteiger partial charge < -0.3 is 45.1 Å². The Kier molecular flexibility index (Phi) is 11.7. The van der Waals surface area contributed by atoms with Crippen molar-refractivity contribution in [2.75, 3.05) is 38.6 Å². The molecule has 1 heterocycles. The number of nitrogens with one attached hydrogen (secondary N) is 2. The second-order valence-corrected chi connectivity index (χ2v) is 10.9. The molecular weight excluding hydrogens is 566 g/mol. The lowest BCUT2D eigenvalue weighted by atomic mass is 9.90. The Labute approximate surface area is 257 Å². The average molecular weight is 608 g/mol. The molecule has 3 aromatic rings. The van der Waals surface area contributed by atoms with Crippen LogP contribution < -0.4 is 10.6 Å². The van der Waals surface area contributed by atoms with Crippen molar-refractivity contribution in [3.8, 4) is 5.75 Å². The van der Waals surface area contributed by atoms with Crippen molar-refractivity contribution in [2.24, 2.45) is 5.92 Å². The van der Waals surface area contributed by atoms with E-state index in [4.69, 9.17) is 14.2 Å². The molecule has 0 unspecified atom stereocenters. The second kappa shape index (κ2) is 15.6. The van der Waals surface area contributed by atoms with E-state index in [2.05, 4.69) is 17.6 Å². The highest BCUT2D eigenvalue weighted by atomic mass is 16.7. The van der Waals surface area contributed by atoms with Crippen LogP contribution in [0.1, 0.15) is 54.6 Å². The van der Waals surface area contributed by atoms with Gasteiger partial charge >= 0.3 is 12.0 Å². The number of esters is 1. The van der Waals surface area contributed by atoms with Crippen molar-refractivity contribution in [1.29, 1.82) is 0 Å². The first kappa shape index (κ1) is 32.9. The summed E-state index contributed by atoms with van der Waals surface area (Å²) >= 11 is 0. The van der Waals surface area contributed by atoms with Crippen molar-refractivity contribution >= 4 is 17.7 Å². The topological polar surface area (TPSA) is 150 Å². The Morgan fingerprint density at radius 1 is 1.02 bits per heavy atom. The maximum absolute atomic E-state index is 12.2. The van der Waals surface area contributed by atoms with E-state index in [0.717, 1.165) is 16.7 Å². The Morgan fingerprint density at radius 2 is 1.73 bits per heavy atom. The number of amides is 2. The van der Waals surface area contributed by atoms with Crippen LogP contribution in [-0.4, -0.2) is 71.6 Å². The molecule has 11 nitrogen and oxygen atoms in total. The number of carbonyl (C=O) groups excluding carboxylic acids is 2. The molecule has 0 radical (unpaired) electrons. The number of phenolic OH excluding ortho intramolecular Hbond substituents is 1. The molecule has 2 amide bonds. The molecule has 3 aromatic carbocycles. The molecule has 5 atom stereocenters. The molecule has 0 spiro atoms. The maximum atomic E-state index is 12.2.